The number of hydrogen-bond donors (Lipinski definition) is 3. The molecule has 0 aromatic heterocycles. The van der Waals surface area contributed by atoms with E-state index < -0.39 is 0 Å². The van der Waals surface area contributed by atoms with Crippen LogP contribution in [-0.2, 0) is 9.47 Å². The summed E-state index contributed by atoms with van der Waals surface area (Å²) in [5.74, 6) is 0.810. The van der Waals surface area contributed by atoms with Gasteiger partial charge in [-0.25, -0.2) is 0 Å². The van der Waals surface area contributed by atoms with E-state index in [4.69, 9.17) is 24.8 Å². The van der Waals surface area contributed by atoms with Gasteiger partial charge in [-0.1, -0.05) is 159 Å². The van der Waals surface area contributed by atoms with Crippen molar-refractivity contribution in [2.24, 2.45) is 5.92 Å². The Morgan fingerprint density at radius 1 is 0.410 bits per heavy atom. The summed E-state index contributed by atoms with van der Waals surface area (Å²) in [5.41, 5.74) is 0. The predicted molar refractivity (Wildman–Crippen MR) is 177 cm³/mol. The van der Waals surface area contributed by atoms with Crippen LogP contribution in [0.25, 0.3) is 0 Å². The van der Waals surface area contributed by atoms with Crippen molar-refractivity contribution in [3.8, 4) is 0 Å². The molecule has 0 saturated carbocycles. The minimum Gasteiger partial charge on any atom is -0.396 e. The fraction of sp³-hybridized carbons (Fsp3) is 1.00. The fourth-order valence-corrected chi connectivity index (χ4v) is 3.42. The molecule has 5 heteroatoms. The van der Waals surface area contributed by atoms with Crippen LogP contribution in [0.15, 0.2) is 0 Å². The Morgan fingerprint density at radius 3 is 1.28 bits per heavy atom. The third-order valence-electron chi connectivity index (χ3n) is 5.58. The molecule has 0 amide bonds. The van der Waals surface area contributed by atoms with Crippen molar-refractivity contribution < 1.29 is 24.8 Å². The molecule has 1 atom stereocenters. The maximum absolute atomic E-state index is 8.64. The molecular formula is C34H80O5. The van der Waals surface area contributed by atoms with Crippen molar-refractivity contribution >= 4 is 0 Å². The van der Waals surface area contributed by atoms with Gasteiger partial charge in [-0.3, -0.25) is 0 Å². The number of aliphatic hydroxyl groups is 3. The van der Waals surface area contributed by atoms with Crippen LogP contribution in [-0.4, -0.2) is 55.1 Å². The lowest BCUT2D eigenvalue weighted by molar-refractivity contribution is -0.00742. The minimum absolute atomic E-state index is 0.127. The van der Waals surface area contributed by atoms with Crippen molar-refractivity contribution in [2.45, 2.75) is 178 Å². The van der Waals surface area contributed by atoms with Gasteiger partial charge in [-0.2, -0.15) is 0 Å². The average Bonchev–Trinajstić information content (AvgIpc) is 2.99. The van der Waals surface area contributed by atoms with Crippen LogP contribution in [0.4, 0.5) is 0 Å². The summed E-state index contributed by atoms with van der Waals surface area (Å²) in [6, 6.07) is 0. The molecule has 39 heavy (non-hydrogen) atoms. The van der Waals surface area contributed by atoms with E-state index in [1.807, 2.05) is 41.5 Å². The maximum Gasteiger partial charge on any atom is 0.143 e. The fourth-order valence-electron chi connectivity index (χ4n) is 3.42. The summed E-state index contributed by atoms with van der Waals surface area (Å²) in [5, 5.41) is 25.2. The van der Waals surface area contributed by atoms with Crippen LogP contribution in [0.5, 0.6) is 0 Å². The Balaban J connectivity index is -0.000000108. The molecule has 0 aromatic rings. The second-order valence-corrected chi connectivity index (χ2v) is 8.86. The number of ether oxygens (including phenoxy) is 2. The first kappa shape index (κ1) is 51.5. The predicted octanol–water partition coefficient (Wildman–Crippen LogP) is 10.3. The highest BCUT2D eigenvalue weighted by Crippen LogP contribution is 2.21. The Hall–Kier alpha value is -0.200. The Labute approximate surface area is 248 Å². The number of unbranched alkanes of at least 4 members (excludes halogenated alkanes) is 10. The quantitative estimate of drug-likeness (QED) is 0.0844. The summed E-state index contributed by atoms with van der Waals surface area (Å²) in [7, 11) is 0. The van der Waals surface area contributed by atoms with Crippen LogP contribution >= 0.6 is 0 Å². The van der Waals surface area contributed by atoms with E-state index in [2.05, 4.69) is 27.7 Å². The van der Waals surface area contributed by atoms with Crippen LogP contribution in [0.3, 0.4) is 0 Å². The van der Waals surface area contributed by atoms with Crippen LogP contribution in [0.1, 0.15) is 178 Å². The van der Waals surface area contributed by atoms with E-state index in [0.717, 1.165) is 44.8 Å². The van der Waals surface area contributed by atoms with Crippen LogP contribution in [0.2, 0.25) is 0 Å². The first-order chi connectivity index (χ1) is 19.2. The molecule has 0 aromatic carbocycles. The number of hydrogen-bond acceptors (Lipinski definition) is 5. The minimum atomic E-state index is -0.127. The van der Waals surface area contributed by atoms with E-state index >= 15 is 0 Å². The van der Waals surface area contributed by atoms with Crippen molar-refractivity contribution in [3.63, 3.8) is 0 Å². The highest BCUT2D eigenvalue weighted by atomic mass is 16.6. The normalized spacial score (nSPS) is 10.1. The van der Waals surface area contributed by atoms with Gasteiger partial charge in [0.2, 0.25) is 0 Å². The van der Waals surface area contributed by atoms with Gasteiger partial charge >= 0.3 is 0 Å². The molecule has 5 nitrogen and oxygen atoms in total. The molecule has 0 aliphatic rings. The summed E-state index contributed by atoms with van der Waals surface area (Å²) in [6.45, 7) is 23.2. The molecule has 0 unspecified atom stereocenters. The molecule has 0 aliphatic heterocycles. The summed E-state index contributed by atoms with van der Waals surface area (Å²) < 4.78 is 10.0. The topological polar surface area (TPSA) is 79.2 Å². The van der Waals surface area contributed by atoms with E-state index in [0.29, 0.717) is 13.2 Å². The van der Waals surface area contributed by atoms with Gasteiger partial charge in [0.05, 0.1) is 13.2 Å². The smallest absolute Gasteiger partial charge is 0.143 e. The molecule has 3 N–H and O–H groups in total. The molecule has 0 heterocycles. The first-order valence-electron chi connectivity index (χ1n) is 17.2. The lowest BCUT2D eigenvalue weighted by Crippen LogP contribution is -2.06. The molecule has 0 bridgehead atoms. The van der Waals surface area contributed by atoms with Gasteiger partial charge in [0, 0.05) is 19.8 Å². The molecular weight excluding hydrogens is 488 g/mol. The van der Waals surface area contributed by atoms with Gasteiger partial charge in [-0.15, -0.1) is 0 Å². The highest BCUT2D eigenvalue weighted by Gasteiger charge is 2.08. The Bertz CT molecular complexity index is 271. The zero-order chi connectivity index (χ0) is 31.3. The molecule has 0 rings (SSSR count). The van der Waals surface area contributed by atoms with Crippen molar-refractivity contribution in [1.82, 2.24) is 0 Å². The van der Waals surface area contributed by atoms with Gasteiger partial charge in [0.15, 0.2) is 0 Å². The summed E-state index contributed by atoms with van der Waals surface area (Å²) in [6.07, 6.45) is 21.6. The largest absolute Gasteiger partial charge is 0.396 e. The van der Waals surface area contributed by atoms with E-state index in [1.165, 1.54) is 83.5 Å². The third-order valence-corrected chi connectivity index (χ3v) is 5.58. The standard InChI is InChI=1S/C16H34O2.C6H14O2.C6H14O.3C2H6/c1-3-5-7-8-10-12-16(11-9-6-4-2)13-14-18-15-17;1-2-3-5-8-6-4-7;1-2-3-4-5-6-7;3*1-2/h16-17H,3-15H2,1-2H3;7H,2-6H2,1H3;7H,2-6H2,1H3;3*1-2H3/t16-;;;;;/m1...../s1. The molecule has 0 radical (unpaired) electrons. The monoisotopic (exact) mass is 569 g/mol. The van der Waals surface area contributed by atoms with Gasteiger partial charge in [0.1, 0.15) is 6.79 Å². The van der Waals surface area contributed by atoms with Gasteiger partial charge < -0.3 is 24.8 Å². The second-order valence-electron chi connectivity index (χ2n) is 8.86. The van der Waals surface area contributed by atoms with Crippen LogP contribution in [0, 0.1) is 5.92 Å². The average molecular weight is 569 g/mol. The van der Waals surface area contributed by atoms with Gasteiger partial charge in [0.25, 0.3) is 0 Å². The van der Waals surface area contributed by atoms with E-state index in [1.54, 1.807) is 0 Å². The zero-order valence-electron chi connectivity index (χ0n) is 29.0. The van der Waals surface area contributed by atoms with E-state index in [9.17, 15) is 0 Å². The van der Waals surface area contributed by atoms with E-state index in [-0.39, 0.29) is 13.4 Å². The Morgan fingerprint density at radius 2 is 0.846 bits per heavy atom. The highest BCUT2D eigenvalue weighted by molar-refractivity contribution is 4.60. The molecule has 0 spiro atoms. The maximum atomic E-state index is 8.64. The third kappa shape index (κ3) is 72.8. The first-order valence-corrected chi connectivity index (χ1v) is 17.2. The Kier molecular flexibility index (Phi) is 87.5. The SMILES string of the molecule is CC.CC.CC.CCCCCCC[C@@H](CCCCC)CCOCO.CCCCCCO.CCCCOCCO. The molecule has 0 saturated heterocycles. The summed E-state index contributed by atoms with van der Waals surface area (Å²) >= 11 is 0. The number of rotatable bonds is 23. The van der Waals surface area contributed by atoms with Crippen LogP contribution < -0.4 is 0 Å². The van der Waals surface area contributed by atoms with Crippen molar-refractivity contribution in [2.75, 3.05) is 39.8 Å². The lowest BCUT2D eigenvalue weighted by Gasteiger charge is -2.16. The van der Waals surface area contributed by atoms with Crippen molar-refractivity contribution in [1.29, 1.82) is 0 Å². The zero-order valence-corrected chi connectivity index (χ0v) is 29.0. The van der Waals surface area contributed by atoms with Gasteiger partial charge in [-0.05, 0) is 25.2 Å². The van der Waals surface area contributed by atoms with Crippen molar-refractivity contribution in [3.05, 3.63) is 0 Å². The second kappa shape index (κ2) is 66.2. The molecule has 0 aliphatic carbocycles. The lowest BCUT2D eigenvalue weighted by atomic mass is 9.92. The number of aliphatic hydroxyl groups excluding tert-OH is 3. The summed E-state index contributed by atoms with van der Waals surface area (Å²) in [4.78, 5) is 0. The molecule has 246 valence electrons. The molecule has 0 fully saturated rings.